The molecule has 3 N–H and O–H groups in total. The number of likely N-dealkylation sites (N-methyl/N-ethyl adjacent to an activating group) is 2. The van der Waals surface area contributed by atoms with Crippen molar-refractivity contribution in [2.45, 2.75) is 20.0 Å². The Labute approximate surface area is 98.0 Å². The normalized spacial score (nSPS) is 12.8. The van der Waals surface area contributed by atoms with Gasteiger partial charge >= 0.3 is 6.18 Å². The first-order valence-corrected chi connectivity index (χ1v) is 4.88. The lowest BCUT2D eigenvalue weighted by Crippen LogP contribution is -2.40. The highest BCUT2D eigenvalue weighted by Crippen LogP contribution is 2.27. The molecule has 0 spiro atoms. The van der Waals surface area contributed by atoms with Gasteiger partial charge in [0.25, 0.3) is 5.91 Å². The van der Waals surface area contributed by atoms with Crippen LogP contribution in [-0.4, -0.2) is 30.6 Å². The molecule has 17 heavy (non-hydrogen) atoms. The molecule has 4 nitrogen and oxygen atoms in total. The summed E-state index contributed by atoms with van der Waals surface area (Å²) in [6, 6.07) is 0. The van der Waals surface area contributed by atoms with Gasteiger partial charge in [-0.1, -0.05) is 6.58 Å². The highest BCUT2D eigenvalue weighted by atomic mass is 19.4. The third-order valence-electron chi connectivity index (χ3n) is 2.07. The minimum absolute atomic E-state index is 0.0720. The molecule has 0 rings (SSSR count). The highest BCUT2D eigenvalue weighted by Gasteiger charge is 2.38. The van der Waals surface area contributed by atoms with Crippen molar-refractivity contribution in [1.29, 1.82) is 0 Å². The van der Waals surface area contributed by atoms with Crippen LogP contribution < -0.4 is 11.1 Å². The van der Waals surface area contributed by atoms with E-state index in [1.54, 1.807) is 0 Å². The SMILES string of the molecule is C=C(N(CC)C(=O)/C(NC)=C(\C)N)C(F)(F)F. The molecule has 0 bridgehead atoms. The molecule has 0 aromatic carbocycles. The third kappa shape index (κ3) is 3.69. The summed E-state index contributed by atoms with van der Waals surface area (Å²) in [5, 5.41) is 2.48. The fourth-order valence-corrected chi connectivity index (χ4v) is 1.22. The lowest BCUT2D eigenvalue weighted by Gasteiger charge is -2.25. The Morgan fingerprint density at radius 3 is 2.18 bits per heavy atom. The summed E-state index contributed by atoms with van der Waals surface area (Å²) in [6.07, 6.45) is -4.65. The number of carbonyl (C=O) groups is 1. The number of nitrogens with two attached hydrogens (primary N) is 1. The summed E-state index contributed by atoms with van der Waals surface area (Å²) in [5.74, 6) is -0.850. The molecule has 0 aliphatic rings. The Morgan fingerprint density at radius 1 is 1.47 bits per heavy atom. The van der Waals surface area contributed by atoms with E-state index in [9.17, 15) is 18.0 Å². The molecule has 98 valence electrons. The number of halogens is 3. The number of hydrogen-bond acceptors (Lipinski definition) is 3. The minimum Gasteiger partial charge on any atom is -0.400 e. The van der Waals surface area contributed by atoms with Gasteiger partial charge in [0.2, 0.25) is 0 Å². The minimum atomic E-state index is -4.65. The fourth-order valence-electron chi connectivity index (χ4n) is 1.22. The summed E-state index contributed by atoms with van der Waals surface area (Å²) in [7, 11) is 1.41. The second-order valence-electron chi connectivity index (χ2n) is 3.30. The molecule has 0 aromatic heterocycles. The first kappa shape index (κ1) is 15.3. The number of alkyl halides is 3. The van der Waals surface area contributed by atoms with Gasteiger partial charge in [0, 0.05) is 19.3 Å². The number of nitrogens with zero attached hydrogens (tertiary/aromatic N) is 1. The molecule has 0 fully saturated rings. The average Bonchev–Trinajstić information content (AvgIpc) is 2.17. The largest absolute Gasteiger partial charge is 0.430 e. The molecule has 0 heterocycles. The summed E-state index contributed by atoms with van der Waals surface area (Å²) >= 11 is 0. The summed E-state index contributed by atoms with van der Waals surface area (Å²) in [5.41, 5.74) is 4.24. The number of rotatable bonds is 4. The maximum absolute atomic E-state index is 12.5. The van der Waals surface area contributed by atoms with Crippen LogP contribution in [0.4, 0.5) is 13.2 Å². The third-order valence-corrected chi connectivity index (χ3v) is 2.07. The van der Waals surface area contributed by atoms with E-state index in [0.717, 1.165) is 0 Å². The molecule has 0 saturated carbocycles. The Bertz CT molecular complexity index is 343. The molecule has 0 unspecified atom stereocenters. The van der Waals surface area contributed by atoms with E-state index in [-0.39, 0.29) is 17.9 Å². The van der Waals surface area contributed by atoms with Gasteiger partial charge in [0.15, 0.2) is 0 Å². The zero-order chi connectivity index (χ0) is 13.8. The maximum Gasteiger partial charge on any atom is 0.430 e. The molecule has 0 radical (unpaired) electrons. The van der Waals surface area contributed by atoms with E-state index in [1.807, 2.05) is 0 Å². The Balaban J connectivity index is 5.24. The predicted molar refractivity (Wildman–Crippen MR) is 58.5 cm³/mol. The quantitative estimate of drug-likeness (QED) is 0.741. The van der Waals surface area contributed by atoms with Gasteiger partial charge in [-0.2, -0.15) is 13.2 Å². The van der Waals surface area contributed by atoms with Crippen molar-refractivity contribution >= 4 is 5.91 Å². The highest BCUT2D eigenvalue weighted by molar-refractivity contribution is 5.94. The van der Waals surface area contributed by atoms with Gasteiger partial charge in [-0.05, 0) is 13.8 Å². The second kappa shape index (κ2) is 5.60. The van der Waals surface area contributed by atoms with Crippen molar-refractivity contribution in [3.05, 3.63) is 23.7 Å². The van der Waals surface area contributed by atoms with Crippen LogP contribution in [0.3, 0.4) is 0 Å². The zero-order valence-electron chi connectivity index (χ0n) is 9.98. The van der Waals surface area contributed by atoms with Crippen LogP contribution >= 0.6 is 0 Å². The molecular formula is C10H16F3N3O. The Morgan fingerprint density at radius 2 is 1.94 bits per heavy atom. The van der Waals surface area contributed by atoms with Gasteiger partial charge in [-0.3, -0.25) is 4.79 Å². The van der Waals surface area contributed by atoms with E-state index in [4.69, 9.17) is 5.73 Å². The molecule has 0 aromatic rings. The lowest BCUT2D eigenvalue weighted by atomic mass is 10.2. The molecular weight excluding hydrogens is 235 g/mol. The summed E-state index contributed by atoms with van der Waals surface area (Å²) in [4.78, 5) is 12.3. The van der Waals surface area contributed by atoms with Crippen LogP contribution in [0.25, 0.3) is 0 Å². The number of hydrogen-bond donors (Lipinski definition) is 2. The average molecular weight is 251 g/mol. The van der Waals surface area contributed by atoms with Crippen LogP contribution in [0.1, 0.15) is 13.8 Å². The topological polar surface area (TPSA) is 58.4 Å². The monoisotopic (exact) mass is 251 g/mol. The van der Waals surface area contributed by atoms with Gasteiger partial charge in [-0.15, -0.1) is 0 Å². The maximum atomic E-state index is 12.5. The van der Waals surface area contributed by atoms with Crippen LogP contribution in [-0.2, 0) is 4.79 Å². The van der Waals surface area contributed by atoms with Gasteiger partial charge in [0.05, 0.1) is 0 Å². The van der Waals surface area contributed by atoms with E-state index in [1.165, 1.54) is 20.9 Å². The molecule has 0 aliphatic carbocycles. The fraction of sp³-hybridized carbons (Fsp3) is 0.500. The van der Waals surface area contributed by atoms with Gasteiger partial charge in [0.1, 0.15) is 11.4 Å². The van der Waals surface area contributed by atoms with Crippen molar-refractivity contribution in [2.24, 2.45) is 5.73 Å². The number of allylic oxidation sites excluding steroid dienone is 2. The van der Waals surface area contributed by atoms with Gasteiger partial charge < -0.3 is 16.0 Å². The van der Waals surface area contributed by atoms with Crippen molar-refractivity contribution in [3.63, 3.8) is 0 Å². The predicted octanol–water partition coefficient (Wildman–Crippen LogP) is 1.32. The number of carbonyl (C=O) groups excluding carboxylic acids is 1. The van der Waals surface area contributed by atoms with Crippen LogP contribution in [0.15, 0.2) is 23.7 Å². The summed E-state index contributed by atoms with van der Waals surface area (Å²) < 4.78 is 37.4. The standard InChI is InChI=1S/C10H16F3N3O/c1-5-16(7(3)10(11,12)13)9(17)8(15-4)6(2)14/h15H,3,5,14H2,1-2,4H3/b8-6-. The first-order chi connectivity index (χ1) is 7.66. The molecule has 1 amide bonds. The van der Waals surface area contributed by atoms with Crippen molar-refractivity contribution in [1.82, 2.24) is 10.2 Å². The van der Waals surface area contributed by atoms with Crippen LogP contribution in [0.2, 0.25) is 0 Å². The van der Waals surface area contributed by atoms with Crippen molar-refractivity contribution in [3.8, 4) is 0 Å². The number of nitrogens with one attached hydrogen (secondary N) is 1. The zero-order valence-corrected chi connectivity index (χ0v) is 9.98. The smallest absolute Gasteiger partial charge is 0.400 e. The molecule has 0 atom stereocenters. The first-order valence-electron chi connectivity index (χ1n) is 4.88. The molecule has 7 heteroatoms. The summed E-state index contributed by atoms with van der Waals surface area (Å²) in [6.45, 7) is 5.59. The molecule has 0 saturated heterocycles. The van der Waals surface area contributed by atoms with Crippen LogP contribution in [0.5, 0.6) is 0 Å². The van der Waals surface area contributed by atoms with E-state index >= 15 is 0 Å². The van der Waals surface area contributed by atoms with E-state index in [0.29, 0.717) is 4.90 Å². The van der Waals surface area contributed by atoms with Crippen molar-refractivity contribution < 1.29 is 18.0 Å². The Hall–Kier alpha value is -1.66. The lowest BCUT2D eigenvalue weighted by molar-refractivity contribution is -0.138. The van der Waals surface area contributed by atoms with Gasteiger partial charge in [-0.25, -0.2) is 0 Å². The Kier molecular flexibility index (Phi) is 5.06. The van der Waals surface area contributed by atoms with Crippen molar-refractivity contribution in [2.75, 3.05) is 13.6 Å². The van der Waals surface area contributed by atoms with E-state index in [2.05, 4.69) is 11.9 Å². The molecule has 0 aliphatic heterocycles. The number of amides is 1. The van der Waals surface area contributed by atoms with E-state index < -0.39 is 17.8 Å². The second-order valence-corrected chi connectivity index (χ2v) is 3.30. The van der Waals surface area contributed by atoms with Crippen LogP contribution in [0, 0.1) is 0 Å².